The first-order valence-corrected chi connectivity index (χ1v) is 12.1. The molecule has 2 aliphatic carbocycles. The number of anilines is 1. The van der Waals surface area contributed by atoms with E-state index in [0.717, 1.165) is 18.2 Å². The number of nitrogens with zero attached hydrogens (tertiary/aromatic N) is 3. The van der Waals surface area contributed by atoms with Crippen molar-refractivity contribution in [2.24, 2.45) is 0 Å². The van der Waals surface area contributed by atoms with Gasteiger partial charge in [0.15, 0.2) is 0 Å². The van der Waals surface area contributed by atoms with Crippen molar-refractivity contribution in [2.45, 2.75) is 43.8 Å². The SMILES string of the molecule is CN(C)CC(=O)n1ncc2c(NC(=O)NC3CCc4c(C5CC5)cccc43)cccc21.O=C(O)C(F)(F)F. The fourth-order valence-corrected chi connectivity index (χ4v) is 4.62. The first-order valence-electron chi connectivity index (χ1n) is 12.1. The number of urea groups is 1. The van der Waals surface area contributed by atoms with Crippen LogP contribution < -0.4 is 10.6 Å². The molecule has 1 heterocycles. The molecule has 0 spiro atoms. The summed E-state index contributed by atoms with van der Waals surface area (Å²) in [5, 5.41) is 18.2. The van der Waals surface area contributed by atoms with Gasteiger partial charge in [-0.2, -0.15) is 23.0 Å². The second-order valence-corrected chi connectivity index (χ2v) is 9.61. The van der Waals surface area contributed by atoms with Gasteiger partial charge in [-0.1, -0.05) is 24.3 Å². The summed E-state index contributed by atoms with van der Waals surface area (Å²) in [5.74, 6) is -2.16. The van der Waals surface area contributed by atoms with Crippen LogP contribution in [-0.4, -0.2) is 64.5 Å². The van der Waals surface area contributed by atoms with Crippen LogP contribution in [0.3, 0.4) is 0 Å². The highest BCUT2D eigenvalue weighted by molar-refractivity contribution is 6.03. The quantitative estimate of drug-likeness (QED) is 0.445. The lowest BCUT2D eigenvalue weighted by atomic mass is 9.99. The highest BCUT2D eigenvalue weighted by Crippen LogP contribution is 2.45. The zero-order chi connectivity index (χ0) is 27.6. The maximum absolute atomic E-state index is 12.8. The number of carboxylic acids is 1. The Hall–Kier alpha value is -3.93. The number of nitrogens with one attached hydrogen (secondary N) is 2. The molecule has 1 fully saturated rings. The van der Waals surface area contributed by atoms with Gasteiger partial charge in [0.05, 0.1) is 30.0 Å². The summed E-state index contributed by atoms with van der Waals surface area (Å²) >= 11 is 0. The van der Waals surface area contributed by atoms with E-state index < -0.39 is 12.1 Å². The van der Waals surface area contributed by atoms with Crippen molar-refractivity contribution in [3.05, 3.63) is 59.3 Å². The van der Waals surface area contributed by atoms with E-state index in [1.54, 1.807) is 11.1 Å². The Morgan fingerprint density at radius 1 is 1.08 bits per heavy atom. The summed E-state index contributed by atoms with van der Waals surface area (Å²) in [5.41, 5.74) is 5.48. The van der Waals surface area contributed by atoms with Gasteiger partial charge in [0.2, 0.25) is 0 Å². The van der Waals surface area contributed by atoms with Crippen LogP contribution in [0.15, 0.2) is 42.6 Å². The Morgan fingerprint density at radius 3 is 2.37 bits per heavy atom. The largest absolute Gasteiger partial charge is 0.490 e. The van der Waals surface area contributed by atoms with Crippen molar-refractivity contribution in [2.75, 3.05) is 26.0 Å². The number of carbonyl (C=O) groups is 3. The van der Waals surface area contributed by atoms with Gasteiger partial charge in [-0.05, 0) is 74.5 Å². The molecule has 3 N–H and O–H groups in total. The Kier molecular flexibility index (Phi) is 7.72. The molecule has 2 aliphatic rings. The Labute approximate surface area is 216 Å². The van der Waals surface area contributed by atoms with Crippen molar-refractivity contribution >= 4 is 34.5 Å². The molecule has 9 nitrogen and oxygen atoms in total. The lowest BCUT2D eigenvalue weighted by Gasteiger charge is -2.16. The van der Waals surface area contributed by atoms with Crippen LogP contribution in [0.25, 0.3) is 10.9 Å². The second kappa shape index (κ2) is 10.8. The molecule has 1 saturated carbocycles. The number of aliphatic carboxylic acids is 1. The molecule has 3 aromatic rings. The Morgan fingerprint density at radius 2 is 1.74 bits per heavy atom. The smallest absolute Gasteiger partial charge is 0.475 e. The van der Waals surface area contributed by atoms with Crippen LogP contribution in [0.2, 0.25) is 0 Å². The van der Waals surface area contributed by atoms with Crippen LogP contribution >= 0.6 is 0 Å². The molecular formula is C26H28F3N5O4. The van der Waals surface area contributed by atoms with Crippen molar-refractivity contribution < 1.29 is 32.7 Å². The van der Waals surface area contributed by atoms with E-state index in [4.69, 9.17) is 9.90 Å². The first kappa shape index (κ1) is 27.1. The minimum absolute atomic E-state index is 0.0253. The molecule has 202 valence electrons. The molecule has 0 saturated heterocycles. The minimum Gasteiger partial charge on any atom is -0.475 e. The summed E-state index contributed by atoms with van der Waals surface area (Å²) in [6.07, 6.45) is 1.05. The molecule has 12 heteroatoms. The number of likely N-dealkylation sites (N-methyl/N-ethyl adjacent to an activating group) is 1. The maximum atomic E-state index is 12.8. The average Bonchev–Trinajstić information content (AvgIpc) is 3.46. The monoisotopic (exact) mass is 531 g/mol. The fourth-order valence-electron chi connectivity index (χ4n) is 4.62. The Balaban J connectivity index is 0.000000426. The molecule has 0 bridgehead atoms. The zero-order valence-corrected chi connectivity index (χ0v) is 20.9. The second-order valence-electron chi connectivity index (χ2n) is 9.61. The summed E-state index contributed by atoms with van der Waals surface area (Å²) < 4.78 is 33.1. The van der Waals surface area contributed by atoms with Crippen LogP contribution in [0.5, 0.6) is 0 Å². The van der Waals surface area contributed by atoms with Gasteiger partial charge in [0.1, 0.15) is 0 Å². The number of carboxylic acid groups (broad SMARTS) is 1. The number of amides is 2. The van der Waals surface area contributed by atoms with Crippen molar-refractivity contribution in [1.29, 1.82) is 0 Å². The van der Waals surface area contributed by atoms with Gasteiger partial charge in [0.25, 0.3) is 5.91 Å². The molecule has 0 aliphatic heterocycles. The van der Waals surface area contributed by atoms with E-state index in [-0.39, 0.29) is 24.5 Å². The molecule has 1 unspecified atom stereocenters. The van der Waals surface area contributed by atoms with Gasteiger partial charge in [-0.3, -0.25) is 4.79 Å². The topological polar surface area (TPSA) is 117 Å². The molecule has 1 aromatic heterocycles. The molecular weight excluding hydrogens is 503 g/mol. The zero-order valence-electron chi connectivity index (χ0n) is 20.9. The van der Waals surface area contributed by atoms with E-state index in [1.165, 1.54) is 34.2 Å². The predicted octanol–water partition coefficient (Wildman–Crippen LogP) is 4.56. The van der Waals surface area contributed by atoms with E-state index >= 15 is 0 Å². The van der Waals surface area contributed by atoms with E-state index in [1.807, 2.05) is 32.3 Å². The number of fused-ring (bicyclic) bond motifs is 2. The minimum atomic E-state index is -5.08. The van der Waals surface area contributed by atoms with Crippen molar-refractivity contribution in [1.82, 2.24) is 20.0 Å². The molecule has 1 atom stereocenters. The first-order chi connectivity index (χ1) is 18.0. The van der Waals surface area contributed by atoms with Gasteiger partial charge >= 0.3 is 18.2 Å². The normalized spacial score (nSPS) is 16.5. The highest BCUT2D eigenvalue weighted by Gasteiger charge is 2.38. The highest BCUT2D eigenvalue weighted by atomic mass is 19.4. The lowest BCUT2D eigenvalue weighted by molar-refractivity contribution is -0.192. The molecule has 5 rings (SSSR count). The maximum Gasteiger partial charge on any atom is 0.490 e. The third kappa shape index (κ3) is 6.13. The summed E-state index contributed by atoms with van der Waals surface area (Å²) in [6, 6.07) is 11.8. The van der Waals surface area contributed by atoms with Crippen LogP contribution in [-0.2, 0) is 11.2 Å². The lowest BCUT2D eigenvalue weighted by Crippen LogP contribution is -2.31. The standard InChI is InChI=1S/C24H27N5O2.C2HF3O2/c1-28(2)14-23(30)29-22-8-4-7-20(19(22)13-25-29)26-24(31)27-21-12-11-17-16(15-9-10-15)5-3-6-18(17)21;3-2(4,5)1(6)7/h3-8,13,15,21H,9-12,14H2,1-2H3,(H2,26,27,31);(H,6,7). The Bertz CT molecular complexity index is 1360. The van der Waals surface area contributed by atoms with E-state index in [9.17, 15) is 22.8 Å². The van der Waals surface area contributed by atoms with E-state index in [2.05, 4.69) is 33.9 Å². The summed E-state index contributed by atoms with van der Waals surface area (Å²) in [4.78, 5) is 36.0. The number of hydrogen-bond acceptors (Lipinski definition) is 5. The van der Waals surface area contributed by atoms with Gasteiger partial charge in [-0.15, -0.1) is 0 Å². The summed E-state index contributed by atoms with van der Waals surface area (Å²) in [7, 11) is 3.69. The fraction of sp³-hybridized carbons (Fsp3) is 0.385. The van der Waals surface area contributed by atoms with Gasteiger partial charge in [0, 0.05) is 5.39 Å². The number of carbonyl (C=O) groups excluding carboxylic acids is 2. The number of benzene rings is 2. The average molecular weight is 532 g/mol. The number of aromatic nitrogens is 2. The molecule has 2 amide bonds. The van der Waals surface area contributed by atoms with Crippen LogP contribution in [0.1, 0.15) is 52.7 Å². The van der Waals surface area contributed by atoms with Crippen LogP contribution in [0.4, 0.5) is 23.7 Å². The third-order valence-corrected chi connectivity index (χ3v) is 6.42. The molecule has 38 heavy (non-hydrogen) atoms. The number of rotatable bonds is 5. The number of alkyl halides is 3. The molecule has 2 aromatic carbocycles. The number of halogens is 3. The van der Waals surface area contributed by atoms with E-state index in [0.29, 0.717) is 17.1 Å². The molecule has 0 radical (unpaired) electrons. The predicted molar refractivity (Wildman–Crippen MR) is 134 cm³/mol. The van der Waals surface area contributed by atoms with Gasteiger partial charge < -0.3 is 20.6 Å². The van der Waals surface area contributed by atoms with Crippen molar-refractivity contribution in [3.8, 4) is 0 Å². The van der Waals surface area contributed by atoms with Crippen LogP contribution in [0, 0.1) is 0 Å². The van der Waals surface area contributed by atoms with Gasteiger partial charge in [-0.25, -0.2) is 9.59 Å². The van der Waals surface area contributed by atoms with Crippen molar-refractivity contribution in [3.63, 3.8) is 0 Å². The number of hydrogen-bond donors (Lipinski definition) is 3. The summed E-state index contributed by atoms with van der Waals surface area (Å²) in [6.45, 7) is 0.263. The third-order valence-electron chi connectivity index (χ3n) is 6.42.